The van der Waals surface area contributed by atoms with Gasteiger partial charge in [0.15, 0.2) is 0 Å². The topological polar surface area (TPSA) is 89.4 Å². The van der Waals surface area contributed by atoms with E-state index in [4.69, 9.17) is 4.74 Å². The van der Waals surface area contributed by atoms with Gasteiger partial charge in [0, 0.05) is 48.9 Å². The quantitative estimate of drug-likeness (QED) is 0.725. The number of anilines is 1. The minimum absolute atomic E-state index is 0.0832. The van der Waals surface area contributed by atoms with Crippen LogP contribution in [0.4, 0.5) is 5.69 Å². The molecule has 2 aliphatic heterocycles. The first kappa shape index (κ1) is 18.4. The summed E-state index contributed by atoms with van der Waals surface area (Å²) in [5, 5.41) is 7.33. The number of nitrogens with one attached hydrogen (secondary N) is 1. The molecule has 8 nitrogen and oxygen atoms in total. The van der Waals surface area contributed by atoms with Crippen molar-refractivity contribution in [3.63, 3.8) is 0 Å². The molecule has 0 bridgehead atoms. The van der Waals surface area contributed by atoms with Crippen LogP contribution in [0, 0.1) is 0 Å². The third-order valence-corrected chi connectivity index (χ3v) is 6.08. The zero-order chi connectivity index (χ0) is 20.9. The molecule has 1 N–H and O–H groups in total. The lowest BCUT2D eigenvalue weighted by Gasteiger charge is -2.33. The van der Waals surface area contributed by atoms with Crippen LogP contribution in [0.1, 0.15) is 33.9 Å². The van der Waals surface area contributed by atoms with Crippen molar-refractivity contribution >= 4 is 17.5 Å². The third kappa shape index (κ3) is 2.53. The van der Waals surface area contributed by atoms with Crippen LogP contribution in [0.5, 0.6) is 5.88 Å². The van der Waals surface area contributed by atoms with E-state index in [-0.39, 0.29) is 11.8 Å². The molecule has 30 heavy (non-hydrogen) atoms. The van der Waals surface area contributed by atoms with Crippen LogP contribution in [-0.4, -0.2) is 45.1 Å². The Kier molecular flexibility index (Phi) is 4.09. The first-order valence-corrected chi connectivity index (χ1v) is 9.75. The zero-order valence-electron chi connectivity index (χ0n) is 16.7. The molecule has 3 aromatic rings. The first-order valence-electron chi connectivity index (χ1n) is 9.75. The van der Waals surface area contributed by atoms with E-state index in [2.05, 4.69) is 15.4 Å². The maximum absolute atomic E-state index is 13.5. The fourth-order valence-electron chi connectivity index (χ4n) is 4.77. The van der Waals surface area contributed by atoms with E-state index >= 15 is 0 Å². The number of methoxy groups -OCH3 is 1. The highest BCUT2D eigenvalue weighted by atomic mass is 16.5. The largest absolute Gasteiger partial charge is 0.481 e. The Balaban J connectivity index is 1.64. The molecule has 2 aliphatic rings. The molecule has 5 rings (SSSR count). The molecule has 2 unspecified atom stereocenters. The van der Waals surface area contributed by atoms with Crippen molar-refractivity contribution < 1.29 is 14.3 Å². The summed E-state index contributed by atoms with van der Waals surface area (Å²) < 4.78 is 6.87. The molecule has 1 spiro atoms. The van der Waals surface area contributed by atoms with Gasteiger partial charge in [-0.05, 0) is 24.1 Å². The summed E-state index contributed by atoms with van der Waals surface area (Å²) in [5.74, 6) is 0.121. The van der Waals surface area contributed by atoms with Crippen molar-refractivity contribution in [3.8, 4) is 5.88 Å². The van der Waals surface area contributed by atoms with Gasteiger partial charge in [-0.15, -0.1) is 0 Å². The maximum atomic E-state index is 13.5. The maximum Gasteiger partial charge on any atom is 0.254 e. The summed E-state index contributed by atoms with van der Waals surface area (Å²) in [6, 6.07) is 10.5. The number of aryl methyl sites for hydroxylation is 1. The Labute approximate surface area is 173 Å². The van der Waals surface area contributed by atoms with Gasteiger partial charge in [-0.2, -0.15) is 5.10 Å². The van der Waals surface area contributed by atoms with Gasteiger partial charge in [0.05, 0.1) is 19.3 Å². The SMILES string of the molecule is COc1cc(C(=O)N2CCC3(C(=O)Nc4ccccc43)C2c2cnn(C)c2)ccn1. The lowest BCUT2D eigenvalue weighted by molar-refractivity contribution is -0.121. The molecular weight excluding hydrogens is 382 g/mol. The van der Waals surface area contributed by atoms with Crippen molar-refractivity contribution in [3.05, 3.63) is 71.7 Å². The molecule has 1 saturated heterocycles. The van der Waals surface area contributed by atoms with Crippen LogP contribution in [-0.2, 0) is 17.3 Å². The molecule has 1 aromatic carbocycles. The highest BCUT2D eigenvalue weighted by Crippen LogP contribution is 2.54. The van der Waals surface area contributed by atoms with E-state index in [0.717, 1.165) is 16.8 Å². The summed E-state index contributed by atoms with van der Waals surface area (Å²) in [6.45, 7) is 0.449. The van der Waals surface area contributed by atoms with Gasteiger partial charge in [-0.3, -0.25) is 14.3 Å². The second-order valence-corrected chi connectivity index (χ2v) is 7.66. The summed E-state index contributed by atoms with van der Waals surface area (Å²) >= 11 is 0. The number of fused-ring (bicyclic) bond motifs is 2. The predicted molar refractivity (Wildman–Crippen MR) is 109 cm³/mol. The standard InChI is InChI=1S/C22H21N5O3/c1-26-13-15(12-24-26)19-22(16-5-3-4-6-17(16)25-21(22)29)8-10-27(19)20(28)14-7-9-23-18(11-14)30-2/h3-7,9,11-13,19H,8,10H2,1-2H3,(H,25,29). The molecule has 0 radical (unpaired) electrons. The third-order valence-electron chi connectivity index (χ3n) is 6.08. The van der Waals surface area contributed by atoms with E-state index in [1.165, 1.54) is 7.11 Å². The average molecular weight is 403 g/mol. The number of para-hydroxylation sites is 1. The molecule has 2 aromatic heterocycles. The van der Waals surface area contributed by atoms with E-state index in [1.807, 2.05) is 37.5 Å². The lowest BCUT2D eigenvalue weighted by Crippen LogP contribution is -2.42. The summed E-state index contributed by atoms with van der Waals surface area (Å²) in [6.07, 6.45) is 5.69. The predicted octanol–water partition coefficient (Wildman–Crippen LogP) is 2.30. The number of carbonyl (C=O) groups is 2. The van der Waals surface area contributed by atoms with E-state index in [1.54, 1.807) is 34.1 Å². The number of benzene rings is 1. The molecular formula is C22H21N5O3. The monoisotopic (exact) mass is 403 g/mol. The van der Waals surface area contributed by atoms with Gasteiger partial charge in [0.1, 0.15) is 5.41 Å². The van der Waals surface area contributed by atoms with Gasteiger partial charge in [-0.1, -0.05) is 18.2 Å². The average Bonchev–Trinajstić information content (AvgIpc) is 3.44. The lowest BCUT2D eigenvalue weighted by atomic mass is 9.73. The van der Waals surface area contributed by atoms with Crippen molar-refractivity contribution in [1.82, 2.24) is 19.7 Å². The van der Waals surface area contributed by atoms with Crippen LogP contribution in [0.3, 0.4) is 0 Å². The number of carbonyl (C=O) groups excluding carboxylic acids is 2. The number of aromatic nitrogens is 3. The summed E-state index contributed by atoms with van der Waals surface area (Å²) in [5.41, 5.74) is 2.17. The van der Waals surface area contributed by atoms with Crippen molar-refractivity contribution in [1.29, 1.82) is 0 Å². The zero-order valence-corrected chi connectivity index (χ0v) is 16.7. The van der Waals surface area contributed by atoms with E-state index in [0.29, 0.717) is 24.4 Å². The minimum Gasteiger partial charge on any atom is -0.481 e. The van der Waals surface area contributed by atoms with Gasteiger partial charge < -0.3 is 15.0 Å². The van der Waals surface area contributed by atoms with E-state index in [9.17, 15) is 9.59 Å². The first-order chi connectivity index (χ1) is 14.5. The number of likely N-dealkylation sites (tertiary alicyclic amines) is 1. The molecule has 1 fully saturated rings. The Morgan fingerprint density at radius 3 is 2.90 bits per heavy atom. The second kappa shape index (κ2) is 6.69. The molecule has 8 heteroatoms. The molecule has 2 atom stereocenters. The van der Waals surface area contributed by atoms with Crippen LogP contribution in [0.25, 0.3) is 0 Å². The highest BCUT2D eigenvalue weighted by Gasteiger charge is 2.59. The molecule has 4 heterocycles. The van der Waals surface area contributed by atoms with Crippen LogP contribution in [0.2, 0.25) is 0 Å². The van der Waals surface area contributed by atoms with E-state index < -0.39 is 11.5 Å². The molecule has 152 valence electrons. The van der Waals surface area contributed by atoms with Crippen molar-refractivity contribution in [2.24, 2.45) is 7.05 Å². The molecule has 0 aliphatic carbocycles. The number of pyridine rings is 1. The smallest absolute Gasteiger partial charge is 0.254 e. The Hall–Kier alpha value is -3.68. The Bertz CT molecular complexity index is 1160. The fraction of sp³-hybridized carbons (Fsp3) is 0.273. The Morgan fingerprint density at radius 2 is 2.13 bits per heavy atom. The van der Waals surface area contributed by atoms with Gasteiger partial charge >= 0.3 is 0 Å². The van der Waals surface area contributed by atoms with Gasteiger partial charge in [0.25, 0.3) is 5.91 Å². The number of hydrogen-bond donors (Lipinski definition) is 1. The fourth-order valence-corrected chi connectivity index (χ4v) is 4.77. The number of hydrogen-bond acceptors (Lipinski definition) is 5. The summed E-state index contributed by atoms with van der Waals surface area (Å²) in [7, 11) is 3.34. The second-order valence-electron chi connectivity index (χ2n) is 7.66. The van der Waals surface area contributed by atoms with Crippen molar-refractivity contribution in [2.45, 2.75) is 17.9 Å². The summed E-state index contributed by atoms with van der Waals surface area (Å²) in [4.78, 5) is 32.8. The Morgan fingerprint density at radius 1 is 1.30 bits per heavy atom. The van der Waals surface area contributed by atoms with Crippen LogP contribution < -0.4 is 10.1 Å². The van der Waals surface area contributed by atoms with Crippen LogP contribution >= 0.6 is 0 Å². The van der Waals surface area contributed by atoms with Crippen molar-refractivity contribution in [2.75, 3.05) is 19.0 Å². The number of amides is 2. The highest BCUT2D eigenvalue weighted by molar-refractivity contribution is 6.08. The number of ether oxygens (including phenoxy) is 1. The molecule has 2 amide bonds. The number of rotatable bonds is 3. The van der Waals surface area contributed by atoms with Gasteiger partial charge in [-0.25, -0.2) is 4.98 Å². The normalized spacial score (nSPS) is 22.3. The van der Waals surface area contributed by atoms with Crippen LogP contribution in [0.15, 0.2) is 55.0 Å². The molecule has 0 saturated carbocycles. The minimum atomic E-state index is -0.855. The van der Waals surface area contributed by atoms with Gasteiger partial charge in [0.2, 0.25) is 11.8 Å². The number of nitrogens with zero attached hydrogens (tertiary/aromatic N) is 4.